The maximum Gasteiger partial charge on any atom is 0.389 e. The molecule has 33 heavy (non-hydrogen) atoms. The van der Waals surface area contributed by atoms with Crippen molar-refractivity contribution in [1.82, 2.24) is 4.98 Å². The largest absolute Gasteiger partial charge is 0.389 e. The predicted molar refractivity (Wildman–Crippen MR) is 133 cm³/mol. The Bertz CT molecular complexity index is 1490. The molecular formula is C28H24F3NS. The summed E-state index contributed by atoms with van der Waals surface area (Å²) in [6, 6.07) is 18.8. The van der Waals surface area contributed by atoms with Gasteiger partial charge in [-0.15, -0.1) is 11.3 Å². The first-order valence-electron chi connectivity index (χ1n) is 11.0. The second kappa shape index (κ2) is 7.84. The molecule has 0 unspecified atom stereocenters. The number of thiophene rings is 1. The Morgan fingerprint density at radius 3 is 2.36 bits per heavy atom. The Hall–Kier alpha value is -2.92. The molecule has 0 saturated carbocycles. The second-order valence-electron chi connectivity index (χ2n) is 9.57. The van der Waals surface area contributed by atoms with E-state index in [1.165, 1.54) is 27.7 Å². The van der Waals surface area contributed by atoms with Crippen LogP contribution >= 0.6 is 11.3 Å². The summed E-state index contributed by atoms with van der Waals surface area (Å²) in [5.41, 5.74) is 3.94. The van der Waals surface area contributed by atoms with Gasteiger partial charge in [0.15, 0.2) is 0 Å². The van der Waals surface area contributed by atoms with Gasteiger partial charge < -0.3 is 0 Å². The van der Waals surface area contributed by atoms with Crippen molar-refractivity contribution in [2.75, 3.05) is 0 Å². The van der Waals surface area contributed by atoms with Gasteiger partial charge in [-0.1, -0.05) is 57.2 Å². The molecule has 0 radical (unpaired) electrons. The van der Waals surface area contributed by atoms with Crippen molar-refractivity contribution in [1.29, 1.82) is 0 Å². The Morgan fingerprint density at radius 2 is 1.61 bits per heavy atom. The van der Waals surface area contributed by atoms with E-state index in [0.717, 1.165) is 37.7 Å². The fourth-order valence-electron chi connectivity index (χ4n) is 4.57. The summed E-state index contributed by atoms with van der Waals surface area (Å²) < 4.78 is 39.3. The van der Waals surface area contributed by atoms with E-state index in [4.69, 9.17) is 4.98 Å². The average Bonchev–Trinajstić information content (AvgIpc) is 3.19. The predicted octanol–water partition coefficient (Wildman–Crippen LogP) is 9.06. The summed E-state index contributed by atoms with van der Waals surface area (Å²) in [5, 5.41) is 7.23. The van der Waals surface area contributed by atoms with E-state index in [1.54, 1.807) is 6.20 Å². The van der Waals surface area contributed by atoms with Gasteiger partial charge in [-0.25, -0.2) is 0 Å². The molecule has 5 rings (SSSR count). The first kappa shape index (κ1) is 21.9. The van der Waals surface area contributed by atoms with Crippen molar-refractivity contribution in [3.63, 3.8) is 0 Å². The maximum atomic E-state index is 12.8. The number of rotatable bonds is 3. The third kappa shape index (κ3) is 4.10. The lowest BCUT2D eigenvalue weighted by molar-refractivity contribution is -0.133. The standard InChI is InChI=1S/C28H24F3NS/c1-27(2,3)24-15-19(14-17-6-4-5-7-20(17)24)25-22-9-8-21-18(10-12-28(29,30)31)16-33-26(21)23(22)11-13-32-25/h4-9,11,13-16H,10,12H2,1-3H3. The van der Waals surface area contributed by atoms with Gasteiger partial charge >= 0.3 is 6.18 Å². The van der Waals surface area contributed by atoms with Gasteiger partial charge in [-0.3, -0.25) is 4.98 Å². The number of aromatic nitrogens is 1. The van der Waals surface area contributed by atoms with Gasteiger partial charge in [0.1, 0.15) is 0 Å². The molecular weight excluding hydrogens is 439 g/mol. The van der Waals surface area contributed by atoms with E-state index in [1.807, 2.05) is 29.6 Å². The molecule has 5 aromatic rings. The van der Waals surface area contributed by atoms with E-state index in [9.17, 15) is 13.2 Å². The number of alkyl halides is 3. The van der Waals surface area contributed by atoms with Gasteiger partial charge in [-0.2, -0.15) is 13.2 Å². The Morgan fingerprint density at radius 1 is 0.848 bits per heavy atom. The normalized spacial score (nSPS) is 12.8. The average molecular weight is 464 g/mol. The van der Waals surface area contributed by atoms with Crippen molar-refractivity contribution in [2.45, 2.75) is 45.2 Å². The summed E-state index contributed by atoms with van der Waals surface area (Å²) in [6.07, 6.45) is -3.14. The van der Waals surface area contributed by atoms with Crippen LogP contribution in [0.5, 0.6) is 0 Å². The highest BCUT2D eigenvalue weighted by Crippen LogP contribution is 2.40. The zero-order valence-electron chi connectivity index (χ0n) is 18.8. The minimum Gasteiger partial charge on any atom is -0.256 e. The zero-order valence-corrected chi connectivity index (χ0v) is 19.6. The van der Waals surface area contributed by atoms with Crippen LogP contribution in [0, 0.1) is 0 Å². The molecule has 5 heteroatoms. The van der Waals surface area contributed by atoms with Crippen LogP contribution in [0.4, 0.5) is 13.2 Å². The second-order valence-corrected chi connectivity index (χ2v) is 10.4. The fraction of sp³-hybridized carbons (Fsp3) is 0.250. The SMILES string of the molecule is CC(C)(C)c1cc(-c2nccc3c2ccc2c(CCC(F)(F)F)csc23)cc2ccccc12. The number of nitrogens with zero attached hydrogens (tertiary/aromatic N) is 1. The number of aryl methyl sites for hydroxylation is 1. The molecule has 0 spiro atoms. The van der Waals surface area contributed by atoms with E-state index in [2.05, 4.69) is 51.1 Å². The lowest BCUT2D eigenvalue weighted by Gasteiger charge is -2.23. The highest BCUT2D eigenvalue weighted by atomic mass is 32.1. The lowest BCUT2D eigenvalue weighted by atomic mass is 9.82. The highest BCUT2D eigenvalue weighted by Gasteiger charge is 2.27. The molecule has 0 bridgehead atoms. The number of fused-ring (bicyclic) bond motifs is 4. The van der Waals surface area contributed by atoms with Crippen molar-refractivity contribution in [3.05, 3.63) is 77.3 Å². The van der Waals surface area contributed by atoms with E-state index in [-0.39, 0.29) is 11.8 Å². The minimum atomic E-state index is -4.15. The lowest BCUT2D eigenvalue weighted by Crippen LogP contribution is -2.12. The molecule has 2 heterocycles. The Balaban J connectivity index is 1.69. The van der Waals surface area contributed by atoms with E-state index in [0.29, 0.717) is 0 Å². The Labute approximate surface area is 194 Å². The molecule has 168 valence electrons. The summed E-state index contributed by atoms with van der Waals surface area (Å²) >= 11 is 1.51. The van der Waals surface area contributed by atoms with Gasteiger partial charge in [0, 0.05) is 33.7 Å². The Kier molecular flexibility index (Phi) is 5.20. The van der Waals surface area contributed by atoms with Gasteiger partial charge in [-0.05, 0) is 62.7 Å². The number of pyridine rings is 1. The van der Waals surface area contributed by atoms with Crippen LogP contribution < -0.4 is 0 Å². The van der Waals surface area contributed by atoms with Gasteiger partial charge in [0.25, 0.3) is 0 Å². The van der Waals surface area contributed by atoms with Crippen LogP contribution in [-0.2, 0) is 11.8 Å². The molecule has 0 aliphatic rings. The number of halogens is 3. The summed E-state index contributed by atoms with van der Waals surface area (Å²) in [7, 11) is 0. The zero-order chi connectivity index (χ0) is 23.4. The fourth-order valence-corrected chi connectivity index (χ4v) is 5.70. The van der Waals surface area contributed by atoms with Crippen LogP contribution in [0.3, 0.4) is 0 Å². The van der Waals surface area contributed by atoms with Crippen molar-refractivity contribution >= 4 is 43.0 Å². The van der Waals surface area contributed by atoms with Crippen LogP contribution in [-0.4, -0.2) is 11.2 Å². The first-order chi connectivity index (χ1) is 15.6. The molecule has 0 saturated heterocycles. The van der Waals surface area contributed by atoms with Crippen molar-refractivity contribution in [3.8, 4) is 11.3 Å². The van der Waals surface area contributed by atoms with Crippen LogP contribution in [0.15, 0.2) is 66.2 Å². The van der Waals surface area contributed by atoms with Gasteiger partial charge in [0.2, 0.25) is 0 Å². The summed E-state index contributed by atoms with van der Waals surface area (Å²) in [4.78, 5) is 4.75. The third-order valence-corrected chi connectivity index (χ3v) is 7.26. The minimum absolute atomic E-state index is 0.00651. The molecule has 1 nitrogen and oxygen atoms in total. The quantitative estimate of drug-likeness (QED) is 0.260. The van der Waals surface area contributed by atoms with E-state index >= 15 is 0 Å². The number of hydrogen-bond donors (Lipinski definition) is 0. The summed E-state index contributed by atoms with van der Waals surface area (Å²) in [5.74, 6) is 0. The number of benzene rings is 3. The van der Waals surface area contributed by atoms with E-state index < -0.39 is 12.6 Å². The van der Waals surface area contributed by atoms with Crippen molar-refractivity contribution in [2.24, 2.45) is 0 Å². The maximum absolute atomic E-state index is 12.8. The smallest absolute Gasteiger partial charge is 0.256 e. The highest BCUT2D eigenvalue weighted by molar-refractivity contribution is 7.18. The molecule has 0 aliphatic heterocycles. The van der Waals surface area contributed by atoms with Crippen LogP contribution in [0.25, 0.3) is 42.9 Å². The molecule has 0 N–H and O–H groups in total. The topological polar surface area (TPSA) is 12.9 Å². The monoisotopic (exact) mass is 463 g/mol. The van der Waals surface area contributed by atoms with Gasteiger partial charge in [0.05, 0.1) is 5.69 Å². The number of hydrogen-bond acceptors (Lipinski definition) is 2. The summed E-state index contributed by atoms with van der Waals surface area (Å²) in [6.45, 7) is 6.65. The molecule has 0 fully saturated rings. The molecule has 0 amide bonds. The molecule has 2 aromatic heterocycles. The molecule has 0 aliphatic carbocycles. The third-order valence-electron chi connectivity index (χ3n) is 6.18. The molecule has 3 aromatic carbocycles. The van der Waals surface area contributed by atoms with Crippen molar-refractivity contribution < 1.29 is 13.2 Å². The van der Waals surface area contributed by atoms with Crippen LogP contribution in [0.2, 0.25) is 0 Å². The molecule has 0 atom stereocenters. The van der Waals surface area contributed by atoms with Crippen LogP contribution in [0.1, 0.15) is 38.3 Å². The first-order valence-corrected chi connectivity index (χ1v) is 11.9.